The van der Waals surface area contributed by atoms with E-state index in [1.807, 2.05) is 36.4 Å². The van der Waals surface area contributed by atoms with Crippen LogP contribution in [0.15, 0.2) is 67.3 Å². The van der Waals surface area contributed by atoms with E-state index >= 15 is 0 Å². The van der Waals surface area contributed by atoms with Gasteiger partial charge in [0.25, 0.3) is 0 Å². The van der Waals surface area contributed by atoms with Crippen molar-refractivity contribution in [2.24, 2.45) is 0 Å². The molecule has 0 bridgehead atoms. The molecule has 3 aromatic rings. The molecule has 0 aliphatic rings. The van der Waals surface area contributed by atoms with Crippen molar-refractivity contribution in [1.29, 1.82) is 0 Å². The molecule has 0 amide bonds. The van der Waals surface area contributed by atoms with Crippen molar-refractivity contribution in [3.8, 4) is 28.0 Å². The Morgan fingerprint density at radius 2 is 1.21 bits per heavy atom. The van der Waals surface area contributed by atoms with Crippen LogP contribution in [0.2, 0.25) is 0 Å². The lowest BCUT2D eigenvalue weighted by atomic mass is 9.99. The maximum Gasteiger partial charge on any atom is 0.123 e. The molecule has 0 fully saturated rings. The van der Waals surface area contributed by atoms with E-state index in [1.165, 1.54) is 0 Å². The van der Waals surface area contributed by atoms with Crippen molar-refractivity contribution in [1.82, 2.24) is 9.97 Å². The lowest BCUT2D eigenvalue weighted by molar-refractivity contribution is 0.477. The van der Waals surface area contributed by atoms with Crippen molar-refractivity contribution in [3.63, 3.8) is 0 Å². The van der Waals surface area contributed by atoms with Gasteiger partial charge in [0, 0.05) is 30.4 Å². The van der Waals surface area contributed by atoms with Crippen LogP contribution in [0.1, 0.15) is 0 Å². The van der Waals surface area contributed by atoms with Gasteiger partial charge in [-0.25, -0.2) is 0 Å². The Morgan fingerprint density at radius 3 is 1.84 bits per heavy atom. The van der Waals surface area contributed by atoms with Gasteiger partial charge in [-0.15, -0.1) is 0 Å². The third-order valence-corrected chi connectivity index (χ3v) is 3.00. The minimum Gasteiger partial charge on any atom is -0.507 e. The van der Waals surface area contributed by atoms with Gasteiger partial charge in [-0.2, -0.15) is 0 Å². The highest BCUT2D eigenvalue weighted by Crippen LogP contribution is 2.32. The first-order valence-corrected chi connectivity index (χ1v) is 5.98. The maximum atomic E-state index is 10.0. The zero-order valence-electron chi connectivity index (χ0n) is 10.2. The Kier molecular flexibility index (Phi) is 2.94. The second-order valence-electron chi connectivity index (χ2n) is 4.20. The molecule has 1 N–H and O–H groups in total. The van der Waals surface area contributed by atoms with Crippen molar-refractivity contribution >= 4 is 0 Å². The molecule has 0 atom stereocenters. The third-order valence-electron chi connectivity index (χ3n) is 3.00. The number of aromatic hydroxyl groups is 1. The smallest absolute Gasteiger partial charge is 0.123 e. The van der Waals surface area contributed by atoms with Gasteiger partial charge in [0.2, 0.25) is 0 Å². The number of benzene rings is 1. The zero-order chi connectivity index (χ0) is 13.1. The van der Waals surface area contributed by atoms with E-state index in [4.69, 9.17) is 0 Å². The molecule has 0 unspecified atom stereocenters. The van der Waals surface area contributed by atoms with E-state index in [1.54, 1.807) is 30.9 Å². The topological polar surface area (TPSA) is 46.0 Å². The molecule has 3 nitrogen and oxygen atoms in total. The van der Waals surface area contributed by atoms with Gasteiger partial charge in [0.15, 0.2) is 0 Å². The number of phenols is 1. The van der Waals surface area contributed by atoms with Crippen LogP contribution in [0.4, 0.5) is 0 Å². The summed E-state index contributed by atoms with van der Waals surface area (Å²) in [5, 5.41) is 10.0. The Morgan fingerprint density at radius 1 is 0.632 bits per heavy atom. The molecule has 2 aromatic heterocycles. The fourth-order valence-electron chi connectivity index (χ4n) is 2.02. The monoisotopic (exact) mass is 248 g/mol. The van der Waals surface area contributed by atoms with Gasteiger partial charge in [-0.1, -0.05) is 6.07 Å². The molecular weight excluding hydrogens is 236 g/mol. The summed E-state index contributed by atoms with van der Waals surface area (Å²) in [6, 6.07) is 13.2. The number of hydrogen-bond acceptors (Lipinski definition) is 3. The van der Waals surface area contributed by atoms with E-state index < -0.39 is 0 Å². The van der Waals surface area contributed by atoms with Crippen LogP contribution in [0.3, 0.4) is 0 Å². The van der Waals surface area contributed by atoms with Crippen LogP contribution >= 0.6 is 0 Å². The van der Waals surface area contributed by atoms with Gasteiger partial charge in [-0.05, 0) is 53.1 Å². The summed E-state index contributed by atoms with van der Waals surface area (Å²) in [5.41, 5.74) is 3.87. The van der Waals surface area contributed by atoms with Crippen LogP contribution in [0.25, 0.3) is 22.3 Å². The van der Waals surface area contributed by atoms with Gasteiger partial charge < -0.3 is 5.11 Å². The number of hydrogen-bond donors (Lipinski definition) is 1. The molecule has 0 saturated heterocycles. The lowest BCUT2D eigenvalue weighted by Crippen LogP contribution is -1.83. The lowest BCUT2D eigenvalue weighted by Gasteiger charge is -2.08. The molecule has 0 aliphatic heterocycles. The summed E-state index contributed by atoms with van der Waals surface area (Å²) < 4.78 is 0. The Bertz CT molecular complexity index is 682. The van der Waals surface area contributed by atoms with E-state index in [0.717, 1.165) is 22.3 Å². The Hall–Kier alpha value is -2.68. The third kappa shape index (κ3) is 2.31. The number of nitrogens with zero attached hydrogens (tertiary/aromatic N) is 2. The van der Waals surface area contributed by atoms with E-state index in [0.29, 0.717) is 0 Å². The second kappa shape index (κ2) is 4.90. The molecule has 0 spiro atoms. The number of rotatable bonds is 2. The quantitative estimate of drug-likeness (QED) is 0.754. The number of pyridine rings is 2. The fraction of sp³-hybridized carbons (Fsp3) is 0. The first kappa shape index (κ1) is 11.4. The first-order chi connectivity index (χ1) is 9.34. The molecule has 0 saturated carbocycles. The Balaban J connectivity index is 2.12. The van der Waals surface area contributed by atoms with Gasteiger partial charge in [-0.3, -0.25) is 9.97 Å². The summed E-state index contributed by atoms with van der Waals surface area (Å²) in [6.45, 7) is 0. The Labute approximate surface area is 111 Å². The highest BCUT2D eigenvalue weighted by Gasteiger charge is 2.06. The van der Waals surface area contributed by atoms with Crippen LogP contribution in [0.5, 0.6) is 5.75 Å². The van der Waals surface area contributed by atoms with Crippen LogP contribution < -0.4 is 0 Å². The van der Waals surface area contributed by atoms with Gasteiger partial charge in [0.1, 0.15) is 5.75 Å². The van der Waals surface area contributed by atoms with Crippen LogP contribution in [-0.4, -0.2) is 15.1 Å². The van der Waals surface area contributed by atoms with E-state index in [-0.39, 0.29) is 5.75 Å². The molecule has 0 aliphatic carbocycles. The highest BCUT2D eigenvalue weighted by molar-refractivity contribution is 5.77. The standard InChI is InChI=1S/C16H12N2O/c19-16-2-1-14(12-3-7-17-8-4-12)11-15(16)13-5-9-18-10-6-13/h1-11,19H. The largest absolute Gasteiger partial charge is 0.507 e. The van der Waals surface area contributed by atoms with Crippen LogP contribution in [0, 0.1) is 0 Å². The molecule has 0 radical (unpaired) electrons. The summed E-state index contributed by atoms with van der Waals surface area (Å²) in [6.07, 6.45) is 6.95. The molecule has 2 heterocycles. The van der Waals surface area contributed by atoms with Gasteiger partial charge >= 0.3 is 0 Å². The number of phenolic OH excluding ortho intramolecular Hbond substituents is 1. The molecule has 92 valence electrons. The zero-order valence-corrected chi connectivity index (χ0v) is 10.2. The van der Waals surface area contributed by atoms with E-state index in [9.17, 15) is 5.11 Å². The van der Waals surface area contributed by atoms with E-state index in [2.05, 4.69) is 9.97 Å². The van der Waals surface area contributed by atoms with Crippen molar-refractivity contribution < 1.29 is 5.11 Å². The molecule has 19 heavy (non-hydrogen) atoms. The molecule has 1 aromatic carbocycles. The number of aromatic nitrogens is 2. The molecule has 3 rings (SSSR count). The van der Waals surface area contributed by atoms with Crippen molar-refractivity contribution in [3.05, 3.63) is 67.3 Å². The minimum atomic E-state index is 0.268. The molecule has 3 heteroatoms. The van der Waals surface area contributed by atoms with Crippen LogP contribution in [-0.2, 0) is 0 Å². The van der Waals surface area contributed by atoms with Crippen molar-refractivity contribution in [2.45, 2.75) is 0 Å². The highest BCUT2D eigenvalue weighted by atomic mass is 16.3. The summed E-state index contributed by atoms with van der Waals surface area (Å²) in [7, 11) is 0. The summed E-state index contributed by atoms with van der Waals surface area (Å²) in [5.74, 6) is 0.268. The fourth-order valence-corrected chi connectivity index (χ4v) is 2.02. The maximum absolute atomic E-state index is 10.0. The predicted octanol–water partition coefficient (Wildman–Crippen LogP) is 3.52. The first-order valence-electron chi connectivity index (χ1n) is 5.98. The average Bonchev–Trinajstić information content (AvgIpc) is 2.49. The summed E-state index contributed by atoms with van der Waals surface area (Å²) >= 11 is 0. The average molecular weight is 248 g/mol. The molecular formula is C16H12N2O. The SMILES string of the molecule is Oc1ccc(-c2ccncc2)cc1-c1ccncc1. The second-order valence-corrected chi connectivity index (χ2v) is 4.20. The summed E-state index contributed by atoms with van der Waals surface area (Å²) in [4.78, 5) is 8.00. The predicted molar refractivity (Wildman–Crippen MR) is 74.6 cm³/mol. The minimum absolute atomic E-state index is 0.268. The van der Waals surface area contributed by atoms with Gasteiger partial charge in [0.05, 0.1) is 0 Å². The normalized spacial score (nSPS) is 10.3. The van der Waals surface area contributed by atoms with Crippen molar-refractivity contribution in [2.75, 3.05) is 0 Å².